The first-order valence-corrected chi connectivity index (χ1v) is 10.3. The lowest BCUT2D eigenvalue weighted by molar-refractivity contribution is 0.184. The van der Waals surface area contributed by atoms with E-state index in [4.69, 9.17) is 0 Å². The van der Waals surface area contributed by atoms with Gasteiger partial charge >= 0.3 is 0 Å². The maximum Gasteiger partial charge on any atom is 0.158 e. The molecule has 0 atom stereocenters. The minimum Gasteiger partial charge on any atom is -0.354 e. The number of imidazole rings is 1. The fraction of sp³-hybridized carbons (Fsp3) is 0.391. The number of hydrogen-bond acceptors (Lipinski definition) is 3. The van der Waals surface area contributed by atoms with Gasteiger partial charge < -0.3 is 9.97 Å². The summed E-state index contributed by atoms with van der Waals surface area (Å²) in [7, 11) is 2.27. The number of nitrogens with one attached hydrogen (secondary N) is 2. The molecule has 1 fully saturated rings. The molecule has 5 nitrogen and oxygen atoms in total. The van der Waals surface area contributed by atoms with Crippen LogP contribution in [0.5, 0.6) is 0 Å². The van der Waals surface area contributed by atoms with E-state index in [1.165, 1.54) is 48.6 Å². The Labute approximate surface area is 165 Å². The smallest absolute Gasteiger partial charge is 0.158 e. The zero-order valence-electron chi connectivity index (χ0n) is 16.6. The summed E-state index contributed by atoms with van der Waals surface area (Å²) >= 11 is 0. The van der Waals surface area contributed by atoms with Crippen molar-refractivity contribution in [3.63, 3.8) is 0 Å². The number of aryl methyl sites for hydroxylation is 1. The van der Waals surface area contributed by atoms with Crippen molar-refractivity contribution in [1.82, 2.24) is 24.8 Å². The standard InChI is InChI=1S/C23H27N5/c1-15-25-22-19(10-11-24-23(22)26-15)21-13-17-9-8-16(12-20(17)27-21)14-28(2)18-6-4-3-5-7-18/h8-13,18,27H,3-7,14H2,1-2H3,(H,24,25,26). The van der Waals surface area contributed by atoms with Gasteiger partial charge in [-0.25, -0.2) is 9.97 Å². The molecule has 1 aliphatic rings. The molecule has 1 saturated carbocycles. The molecule has 0 bridgehead atoms. The lowest BCUT2D eigenvalue weighted by atomic mass is 9.94. The second kappa shape index (κ2) is 7.06. The van der Waals surface area contributed by atoms with E-state index in [0.717, 1.165) is 40.8 Å². The molecule has 5 rings (SSSR count). The largest absolute Gasteiger partial charge is 0.354 e. The van der Waals surface area contributed by atoms with Crippen LogP contribution in [0.1, 0.15) is 43.5 Å². The molecule has 1 aliphatic carbocycles. The number of benzene rings is 1. The molecule has 0 saturated heterocycles. The first-order valence-electron chi connectivity index (χ1n) is 10.3. The van der Waals surface area contributed by atoms with Crippen molar-refractivity contribution < 1.29 is 0 Å². The van der Waals surface area contributed by atoms with E-state index in [2.05, 4.69) is 56.1 Å². The second-order valence-electron chi connectivity index (χ2n) is 8.19. The highest BCUT2D eigenvalue weighted by molar-refractivity contribution is 5.94. The monoisotopic (exact) mass is 373 g/mol. The van der Waals surface area contributed by atoms with Crippen molar-refractivity contribution in [3.05, 3.63) is 47.9 Å². The summed E-state index contributed by atoms with van der Waals surface area (Å²) in [6.07, 6.45) is 8.67. The molecule has 3 heterocycles. The van der Waals surface area contributed by atoms with Crippen molar-refractivity contribution in [1.29, 1.82) is 0 Å². The average Bonchev–Trinajstić information content (AvgIpc) is 3.30. The van der Waals surface area contributed by atoms with Crippen molar-refractivity contribution in [3.8, 4) is 11.3 Å². The van der Waals surface area contributed by atoms with Gasteiger partial charge in [0.2, 0.25) is 0 Å². The van der Waals surface area contributed by atoms with E-state index in [9.17, 15) is 0 Å². The van der Waals surface area contributed by atoms with Gasteiger partial charge in [0.1, 0.15) is 11.3 Å². The van der Waals surface area contributed by atoms with Crippen molar-refractivity contribution >= 4 is 22.1 Å². The van der Waals surface area contributed by atoms with Gasteiger partial charge in [-0.1, -0.05) is 31.4 Å². The van der Waals surface area contributed by atoms with Crippen LogP contribution in [-0.4, -0.2) is 37.9 Å². The Kier molecular flexibility index (Phi) is 4.40. The molecule has 144 valence electrons. The fourth-order valence-corrected chi connectivity index (χ4v) is 4.60. The third-order valence-corrected chi connectivity index (χ3v) is 6.11. The van der Waals surface area contributed by atoms with Gasteiger partial charge in [0, 0.05) is 40.9 Å². The highest BCUT2D eigenvalue weighted by Gasteiger charge is 2.18. The Morgan fingerprint density at radius 2 is 1.93 bits per heavy atom. The molecule has 1 aromatic carbocycles. The van der Waals surface area contributed by atoms with Gasteiger partial charge in [0.25, 0.3) is 0 Å². The van der Waals surface area contributed by atoms with Crippen LogP contribution in [0.4, 0.5) is 0 Å². The SMILES string of the molecule is Cc1nc2c(-c3cc4ccc(CN(C)C5CCCCC5)cc4[nH]3)ccnc2[nH]1. The zero-order valence-corrected chi connectivity index (χ0v) is 16.6. The molecule has 2 N–H and O–H groups in total. The van der Waals surface area contributed by atoms with Crippen LogP contribution in [0.15, 0.2) is 36.5 Å². The van der Waals surface area contributed by atoms with E-state index >= 15 is 0 Å². The zero-order chi connectivity index (χ0) is 19.1. The fourth-order valence-electron chi connectivity index (χ4n) is 4.60. The quantitative estimate of drug-likeness (QED) is 0.518. The van der Waals surface area contributed by atoms with Gasteiger partial charge in [0.05, 0.1) is 0 Å². The summed E-state index contributed by atoms with van der Waals surface area (Å²) in [6, 6.07) is 11.8. The van der Waals surface area contributed by atoms with Crippen molar-refractivity contribution in [2.45, 2.75) is 51.6 Å². The lowest BCUT2D eigenvalue weighted by Crippen LogP contribution is -2.32. The van der Waals surface area contributed by atoms with Gasteiger partial charge in [-0.15, -0.1) is 0 Å². The number of fused-ring (bicyclic) bond motifs is 2. The van der Waals surface area contributed by atoms with Crippen LogP contribution in [0.3, 0.4) is 0 Å². The van der Waals surface area contributed by atoms with Crippen molar-refractivity contribution in [2.75, 3.05) is 7.05 Å². The van der Waals surface area contributed by atoms with Crippen LogP contribution in [0.2, 0.25) is 0 Å². The summed E-state index contributed by atoms with van der Waals surface area (Å²) in [5.74, 6) is 0.888. The Morgan fingerprint density at radius 3 is 2.79 bits per heavy atom. The molecular weight excluding hydrogens is 346 g/mol. The van der Waals surface area contributed by atoms with Gasteiger partial charge in [-0.3, -0.25) is 4.90 Å². The number of H-pyrrole nitrogens is 2. The summed E-state index contributed by atoms with van der Waals surface area (Å²) in [5, 5.41) is 1.23. The van der Waals surface area contributed by atoms with Crippen LogP contribution < -0.4 is 0 Å². The Bertz CT molecular complexity index is 1120. The molecule has 0 aliphatic heterocycles. The molecule has 3 aromatic heterocycles. The molecule has 0 spiro atoms. The van der Waals surface area contributed by atoms with E-state index in [0.29, 0.717) is 0 Å². The first-order chi connectivity index (χ1) is 13.7. The Hall–Kier alpha value is -2.66. The number of aromatic nitrogens is 4. The maximum atomic E-state index is 4.62. The highest BCUT2D eigenvalue weighted by atomic mass is 15.1. The second-order valence-corrected chi connectivity index (χ2v) is 8.19. The molecule has 0 radical (unpaired) electrons. The van der Waals surface area contributed by atoms with Gasteiger partial charge in [-0.2, -0.15) is 0 Å². The summed E-state index contributed by atoms with van der Waals surface area (Å²) < 4.78 is 0. The third kappa shape index (κ3) is 3.20. The minimum absolute atomic E-state index is 0.733. The van der Waals surface area contributed by atoms with Crippen LogP contribution >= 0.6 is 0 Å². The van der Waals surface area contributed by atoms with Gasteiger partial charge in [0.15, 0.2) is 5.65 Å². The molecule has 0 amide bonds. The number of hydrogen-bond donors (Lipinski definition) is 2. The topological polar surface area (TPSA) is 60.6 Å². The molecule has 4 aromatic rings. The third-order valence-electron chi connectivity index (χ3n) is 6.11. The Balaban J connectivity index is 1.45. The normalized spacial score (nSPS) is 15.8. The van der Waals surface area contributed by atoms with E-state index in [-0.39, 0.29) is 0 Å². The predicted octanol–water partition coefficient (Wildman–Crippen LogP) is 5.18. The average molecular weight is 374 g/mol. The van der Waals surface area contributed by atoms with Crippen LogP contribution in [0, 0.1) is 6.92 Å². The van der Waals surface area contributed by atoms with Crippen LogP contribution in [-0.2, 0) is 6.54 Å². The predicted molar refractivity (Wildman–Crippen MR) is 114 cm³/mol. The van der Waals surface area contributed by atoms with Gasteiger partial charge in [-0.05, 0) is 50.6 Å². The number of rotatable bonds is 4. The number of pyridine rings is 1. The van der Waals surface area contributed by atoms with E-state index < -0.39 is 0 Å². The number of aromatic amines is 2. The Morgan fingerprint density at radius 1 is 1.07 bits per heavy atom. The summed E-state index contributed by atoms with van der Waals surface area (Å²) in [4.78, 5) is 18.4. The number of nitrogens with zero attached hydrogens (tertiary/aromatic N) is 3. The molecule has 5 heteroatoms. The summed E-state index contributed by atoms with van der Waals surface area (Å²) in [5.41, 5.74) is 6.48. The minimum atomic E-state index is 0.733. The van der Waals surface area contributed by atoms with E-state index in [1.54, 1.807) is 0 Å². The molecular formula is C23H27N5. The first kappa shape index (κ1) is 17.4. The highest BCUT2D eigenvalue weighted by Crippen LogP contribution is 2.29. The summed E-state index contributed by atoms with van der Waals surface area (Å²) in [6.45, 7) is 2.97. The lowest BCUT2D eigenvalue weighted by Gasteiger charge is -2.31. The van der Waals surface area contributed by atoms with E-state index in [1.807, 2.05) is 19.2 Å². The maximum absolute atomic E-state index is 4.62. The van der Waals surface area contributed by atoms with Crippen LogP contribution in [0.25, 0.3) is 33.3 Å². The molecule has 28 heavy (non-hydrogen) atoms. The van der Waals surface area contributed by atoms with Crippen molar-refractivity contribution in [2.24, 2.45) is 0 Å². The molecule has 0 unspecified atom stereocenters.